The molecule has 1 aromatic rings. The summed E-state index contributed by atoms with van der Waals surface area (Å²) in [6, 6.07) is 6.41. The largest absolute Gasteiger partial charge is 0.497 e. The average molecular weight is 260 g/mol. The lowest BCUT2D eigenvalue weighted by molar-refractivity contribution is -0.119. The van der Waals surface area contributed by atoms with E-state index in [2.05, 4.69) is 11.4 Å². The van der Waals surface area contributed by atoms with Gasteiger partial charge in [-0.2, -0.15) is 0 Å². The van der Waals surface area contributed by atoms with Crippen molar-refractivity contribution < 1.29 is 9.53 Å². The van der Waals surface area contributed by atoms with Crippen LogP contribution in [0.5, 0.6) is 5.75 Å². The zero-order chi connectivity index (χ0) is 13.2. The number of nitrogens with zero attached hydrogens (tertiary/aromatic N) is 1. The number of methoxy groups -OCH3 is 1. The van der Waals surface area contributed by atoms with Crippen LogP contribution in [0.2, 0.25) is 0 Å². The highest BCUT2D eigenvalue weighted by molar-refractivity contribution is 5.97. The van der Waals surface area contributed by atoms with E-state index < -0.39 is 0 Å². The smallest absolute Gasteiger partial charge is 0.227 e. The number of anilines is 1. The molecule has 0 atom stereocenters. The summed E-state index contributed by atoms with van der Waals surface area (Å²) in [7, 11) is 1.67. The molecule has 0 bridgehead atoms. The van der Waals surface area contributed by atoms with Gasteiger partial charge in [0.1, 0.15) is 5.75 Å². The lowest BCUT2D eigenvalue weighted by atomic mass is 9.96. The molecule has 0 radical (unpaired) electrons. The predicted molar refractivity (Wildman–Crippen MR) is 74.7 cm³/mol. The third-order valence-electron chi connectivity index (χ3n) is 4.10. The van der Waals surface area contributed by atoms with Crippen molar-refractivity contribution in [1.82, 2.24) is 5.32 Å². The number of hydrogen-bond donors (Lipinski definition) is 1. The molecule has 0 aromatic heterocycles. The van der Waals surface area contributed by atoms with E-state index in [-0.39, 0.29) is 5.91 Å². The van der Waals surface area contributed by atoms with Gasteiger partial charge < -0.3 is 15.0 Å². The SMILES string of the molecule is COc1ccc2c(c1)N(C1CCNCC1)C(=O)CC2. The number of hydrogen-bond acceptors (Lipinski definition) is 3. The lowest BCUT2D eigenvalue weighted by Gasteiger charge is -2.38. The summed E-state index contributed by atoms with van der Waals surface area (Å²) in [5.74, 6) is 1.08. The number of amides is 1. The van der Waals surface area contributed by atoms with Crippen molar-refractivity contribution in [2.45, 2.75) is 31.7 Å². The van der Waals surface area contributed by atoms with Gasteiger partial charge in [0.2, 0.25) is 5.91 Å². The van der Waals surface area contributed by atoms with Crippen molar-refractivity contribution in [3.8, 4) is 5.75 Å². The molecular weight excluding hydrogens is 240 g/mol. The van der Waals surface area contributed by atoms with Gasteiger partial charge in [0.25, 0.3) is 0 Å². The van der Waals surface area contributed by atoms with E-state index in [4.69, 9.17) is 4.74 Å². The number of nitrogens with one attached hydrogen (secondary N) is 1. The first-order valence-corrected chi connectivity index (χ1v) is 6.99. The fourth-order valence-corrected chi connectivity index (χ4v) is 3.07. The first-order valence-electron chi connectivity index (χ1n) is 6.99. The summed E-state index contributed by atoms with van der Waals surface area (Å²) >= 11 is 0. The molecule has 102 valence electrons. The van der Waals surface area contributed by atoms with Crippen LogP contribution in [-0.4, -0.2) is 32.1 Å². The van der Waals surface area contributed by atoms with Crippen LogP contribution >= 0.6 is 0 Å². The second kappa shape index (κ2) is 5.21. The fraction of sp³-hybridized carbons (Fsp3) is 0.533. The molecule has 2 heterocycles. The Hall–Kier alpha value is -1.55. The Balaban J connectivity index is 1.97. The molecule has 19 heavy (non-hydrogen) atoms. The normalized spacial score (nSPS) is 20.3. The molecule has 2 aliphatic rings. The minimum atomic E-state index is 0.257. The summed E-state index contributed by atoms with van der Waals surface area (Å²) < 4.78 is 5.30. The highest BCUT2D eigenvalue weighted by atomic mass is 16.5. The van der Waals surface area contributed by atoms with Gasteiger partial charge in [-0.15, -0.1) is 0 Å². The molecule has 0 saturated carbocycles. The van der Waals surface area contributed by atoms with Crippen LogP contribution in [0.1, 0.15) is 24.8 Å². The Morgan fingerprint density at radius 1 is 1.26 bits per heavy atom. The summed E-state index contributed by atoms with van der Waals surface area (Å²) in [6.45, 7) is 1.99. The van der Waals surface area contributed by atoms with Gasteiger partial charge in [0.15, 0.2) is 0 Å². The Morgan fingerprint density at radius 3 is 2.79 bits per heavy atom. The number of carbonyl (C=O) groups excluding carboxylic acids is 1. The quantitative estimate of drug-likeness (QED) is 0.880. The highest BCUT2D eigenvalue weighted by Gasteiger charge is 2.31. The van der Waals surface area contributed by atoms with E-state index in [9.17, 15) is 4.79 Å². The molecule has 1 amide bonds. The van der Waals surface area contributed by atoms with E-state index >= 15 is 0 Å². The molecule has 1 N–H and O–H groups in total. The second-order valence-corrected chi connectivity index (χ2v) is 5.24. The van der Waals surface area contributed by atoms with Gasteiger partial charge in [0.05, 0.1) is 12.8 Å². The van der Waals surface area contributed by atoms with Crippen molar-refractivity contribution in [2.75, 3.05) is 25.1 Å². The maximum atomic E-state index is 12.3. The fourth-order valence-electron chi connectivity index (χ4n) is 3.07. The number of ether oxygens (including phenoxy) is 1. The number of rotatable bonds is 2. The van der Waals surface area contributed by atoms with E-state index in [1.54, 1.807) is 7.11 Å². The molecule has 1 saturated heterocycles. The molecule has 0 aliphatic carbocycles. The van der Waals surface area contributed by atoms with E-state index in [1.807, 2.05) is 17.0 Å². The summed E-state index contributed by atoms with van der Waals surface area (Å²) in [5.41, 5.74) is 2.32. The third kappa shape index (κ3) is 2.32. The Morgan fingerprint density at radius 2 is 2.05 bits per heavy atom. The van der Waals surface area contributed by atoms with Gasteiger partial charge >= 0.3 is 0 Å². The van der Waals surface area contributed by atoms with Crippen LogP contribution in [0.4, 0.5) is 5.69 Å². The first-order chi connectivity index (χ1) is 9.29. The number of carbonyl (C=O) groups is 1. The first kappa shape index (κ1) is 12.5. The van der Waals surface area contributed by atoms with E-state index in [0.29, 0.717) is 12.5 Å². The van der Waals surface area contributed by atoms with E-state index in [1.165, 1.54) is 5.56 Å². The van der Waals surface area contributed by atoms with Gasteiger partial charge in [-0.05, 0) is 44.0 Å². The number of piperidine rings is 1. The van der Waals surface area contributed by atoms with Crippen molar-refractivity contribution in [3.05, 3.63) is 23.8 Å². The predicted octanol–water partition coefficient (Wildman–Crippen LogP) is 1.73. The third-order valence-corrected chi connectivity index (χ3v) is 4.10. The van der Waals surface area contributed by atoms with Gasteiger partial charge in [-0.3, -0.25) is 4.79 Å². The molecule has 2 aliphatic heterocycles. The summed E-state index contributed by atoms with van der Waals surface area (Å²) in [4.78, 5) is 14.3. The van der Waals surface area contributed by atoms with Crippen LogP contribution in [-0.2, 0) is 11.2 Å². The standard InChI is InChI=1S/C15H20N2O2/c1-19-13-4-2-11-3-5-15(18)17(14(11)10-13)12-6-8-16-9-7-12/h2,4,10,12,16H,3,5-9H2,1H3. The number of fused-ring (bicyclic) bond motifs is 1. The van der Waals surface area contributed by atoms with Gasteiger partial charge in [0, 0.05) is 18.5 Å². The highest BCUT2D eigenvalue weighted by Crippen LogP contribution is 2.34. The zero-order valence-corrected chi connectivity index (χ0v) is 11.3. The Kier molecular flexibility index (Phi) is 3.42. The van der Waals surface area contributed by atoms with Crippen LogP contribution in [0, 0.1) is 0 Å². The molecule has 4 heteroatoms. The molecule has 4 nitrogen and oxygen atoms in total. The van der Waals surface area contributed by atoms with Crippen molar-refractivity contribution >= 4 is 11.6 Å². The Bertz CT molecular complexity index is 481. The average Bonchev–Trinajstić information content (AvgIpc) is 2.47. The van der Waals surface area contributed by atoms with Crippen LogP contribution in [0.3, 0.4) is 0 Å². The molecule has 1 fully saturated rings. The molecule has 3 rings (SSSR count). The molecule has 1 aromatic carbocycles. The monoisotopic (exact) mass is 260 g/mol. The van der Waals surface area contributed by atoms with Crippen LogP contribution < -0.4 is 15.0 Å². The maximum Gasteiger partial charge on any atom is 0.227 e. The maximum absolute atomic E-state index is 12.3. The van der Waals surface area contributed by atoms with E-state index in [0.717, 1.165) is 43.8 Å². The van der Waals surface area contributed by atoms with Crippen molar-refractivity contribution in [1.29, 1.82) is 0 Å². The minimum absolute atomic E-state index is 0.257. The van der Waals surface area contributed by atoms with Gasteiger partial charge in [-0.25, -0.2) is 0 Å². The molecular formula is C15H20N2O2. The lowest BCUT2D eigenvalue weighted by Crippen LogP contribution is -2.48. The summed E-state index contributed by atoms with van der Waals surface area (Å²) in [5, 5.41) is 3.35. The Labute approximate surface area is 113 Å². The van der Waals surface area contributed by atoms with Crippen molar-refractivity contribution in [2.24, 2.45) is 0 Å². The summed E-state index contributed by atoms with van der Waals surface area (Å²) in [6.07, 6.45) is 3.54. The molecule has 0 spiro atoms. The molecule has 0 unspecified atom stereocenters. The topological polar surface area (TPSA) is 41.6 Å². The van der Waals surface area contributed by atoms with Crippen LogP contribution in [0.25, 0.3) is 0 Å². The zero-order valence-electron chi connectivity index (χ0n) is 11.3. The van der Waals surface area contributed by atoms with Crippen molar-refractivity contribution in [3.63, 3.8) is 0 Å². The van der Waals surface area contributed by atoms with Crippen LogP contribution in [0.15, 0.2) is 18.2 Å². The minimum Gasteiger partial charge on any atom is -0.497 e. The number of benzene rings is 1. The number of aryl methyl sites for hydroxylation is 1. The second-order valence-electron chi connectivity index (χ2n) is 5.24. The van der Waals surface area contributed by atoms with Gasteiger partial charge in [-0.1, -0.05) is 6.07 Å².